The molecular weight excluding hydrogens is 374 g/mol. The molecule has 0 spiro atoms. The number of Topliss-reactive ketones (excluding diaryl/α,β-unsaturated/α-hetero) is 1. The van der Waals surface area contributed by atoms with E-state index in [4.69, 9.17) is 11.6 Å². The summed E-state index contributed by atoms with van der Waals surface area (Å²) in [5.74, 6) is 0.474. The minimum Gasteiger partial charge on any atom is -0.360 e. The lowest BCUT2D eigenvalue weighted by molar-refractivity contribution is -0.128. The quantitative estimate of drug-likeness (QED) is 0.684. The minimum absolute atomic E-state index is 0.0714. The van der Waals surface area contributed by atoms with Gasteiger partial charge in [0.2, 0.25) is 0 Å². The molecule has 23 heavy (non-hydrogen) atoms. The third-order valence-corrected chi connectivity index (χ3v) is 5.81. The average Bonchev–Trinajstić information content (AvgIpc) is 2.55. The number of fused-ring (bicyclic) bond motifs is 3. The number of nitrogens with zero attached hydrogens (tertiary/aromatic N) is 1. The Morgan fingerprint density at radius 2 is 1.87 bits per heavy atom. The van der Waals surface area contributed by atoms with Gasteiger partial charge in [-0.3, -0.25) is 4.79 Å². The van der Waals surface area contributed by atoms with Gasteiger partial charge < -0.3 is 4.90 Å². The van der Waals surface area contributed by atoms with Crippen molar-refractivity contribution in [3.8, 4) is 0 Å². The zero-order valence-electron chi connectivity index (χ0n) is 12.6. The molecule has 0 amide bonds. The molecule has 1 saturated carbocycles. The van der Waals surface area contributed by atoms with Crippen LogP contribution in [0.5, 0.6) is 0 Å². The molecule has 3 fully saturated rings. The van der Waals surface area contributed by atoms with Crippen LogP contribution in [0.1, 0.15) is 30.9 Å². The maximum absolute atomic E-state index is 12.5. The molecular formula is C19H17BrClNO. The summed E-state index contributed by atoms with van der Waals surface area (Å²) < 4.78 is 1.07. The SMILES string of the molecule is O=C1CC2CCC1C(c1cccc(Cl)c1)N2c1ccc(Br)cc1. The largest absolute Gasteiger partial charge is 0.360 e. The molecule has 2 aliphatic heterocycles. The number of ketones is 1. The Balaban J connectivity index is 1.81. The lowest BCUT2D eigenvalue weighted by atomic mass is 9.71. The normalized spacial score (nSPS) is 26.6. The van der Waals surface area contributed by atoms with Gasteiger partial charge in [-0.15, -0.1) is 0 Å². The van der Waals surface area contributed by atoms with Gasteiger partial charge in [-0.05, 0) is 54.8 Å². The van der Waals surface area contributed by atoms with Crippen LogP contribution < -0.4 is 4.90 Å². The number of carbonyl (C=O) groups is 1. The van der Waals surface area contributed by atoms with Crippen LogP contribution in [0.3, 0.4) is 0 Å². The van der Waals surface area contributed by atoms with Gasteiger partial charge in [0, 0.05) is 33.6 Å². The van der Waals surface area contributed by atoms with E-state index in [0.717, 1.165) is 27.9 Å². The van der Waals surface area contributed by atoms with Gasteiger partial charge in [0.25, 0.3) is 0 Å². The van der Waals surface area contributed by atoms with Crippen molar-refractivity contribution in [1.82, 2.24) is 0 Å². The predicted octanol–water partition coefficient (Wildman–Crippen LogP) is 5.40. The first-order valence-electron chi connectivity index (χ1n) is 7.95. The van der Waals surface area contributed by atoms with E-state index in [-0.39, 0.29) is 18.0 Å². The molecule has 2 saturated heterocycles. The van der Waals surface area contributed by atoms with Gasteiger partial charge in [0.15, 0.2) is 0 Å². The number of rotatable bonds is 2. The van der Waals surface area contributed by atoms with Crippen molar-refractivity contribution in [2.75, 3.05) is 4.90 Å². The lowest BCUT2D eigenvalue weighted by Crippen LogP contribution is -2.54. The maximum atomic E-state index is 12.5. The second kappa shape index (κ2) is 5.95. The summed E-state index contributed by atoms with van der Waals surface area (Å²) in [6.07, 6.45) is 2.73. The van der Waals surface area contributed by atoms with E-state index in [1.54, 1.807) is 0 Å². The Labute approximate surface area is 149 Å². The van der Waals surface area contributed by atoms with Crippen LogP contribution >= 0.6 is 27.5 Å². The monoisotopic (exact) mass is 389 g/mol. The molecule has 0 aromatic heterocycles. The lowest BCUT2D eigenvalue weighted by Gasteiger charge is -2.52. The van der Waals surface area contributed by atoms with E-state index < -0.39 is 0 Å². The van der Waals surface area contributed by atoms with Crippen LogP contribution in [0, 0.1) is 5.92 Å². The first kappa shape index (κ1) is 15.2. The van der Waals surface area contributed by atoms with Crippen molar-refractivity contribution in [2.24, 2.45) is 5.92 Å². The molecule has 118 valence electrons. The number of halogens is 2. The molecule has 2 aromatic carbocycles. The Kier molecular flexibility index (Phi) is 3.94. The van der Waals surface area contributed by atoms with Crippen molar-refractivity contribution in [3.63, 3.8) is 0 Å². The highest BCUT2D eigenvalue weighted by molar-refractivity contribution is 9.10. The van der Waals surface area contributed by atoms with E-state index in [0.29, 0.717) is 12.2 Å². The molecule has 2 bridgehead atoms. The third-order valence-electron chi connectivity index (χ3n) is 5.05. The molecule has 2 nitrogen and oxygen atoms in total. The topological polar surface area (TPSA) is 20.3 Å². The number of hydrogen-bond donors (Lipinski definition) is 0. The fourth-order valence-corrected chi connectivity index (χ4v) is 4.54. The van der Waals surface area contributed by atoms with Crippen LogP contribution in [-0.2, 0) is 4.79 Å². The van der Waals surface area contributed by atoms with Gasteiger partial charge in [0.1, 0.15) is 5.78 Å². The summed E-state index contributed by atoms with van der Waals surface area (Å²) in [5.41, 5.74) is 2.32. The molecule has 2 heterocycles. The molecule has 4 heteroatoms. The smallest absolute Gasteiger partial charge is 0.140 e. The van der Waals surface area contributed by atoms with Crippen LogP contribution in [0.4, 0.5) is 5.69 Å². The van der Waals surface area contributed by atoms with Crippen LogP contribution in [-0.4, -0.2) is 11.8 Å². The summed E-state index contributed by atoms with van der Waals surface area (Å²) in [4.78, 5) is 14.9. The summed E-state index contributed by atoms with van der Waals surface area (Å²) in [6.45, 7) is 0. The summed E-state index contributed by atoms with van der Waals surface area (Å²) in [5, 5.41) is 0.729. The standard InChI is InChI=1S/C19H17BrClNO/c20-13-4-6-15(7-5-13)22-16-8-9-17(18(23)11-16)19(22)12-2-1-3-14(21)10-12/h1-7,10,16-17,19H,8-9,11H2. The minimum atomic E-state index is 0.0714. The average molecular weight is 391 g/mol. The first-order chi connectivity index (χ1) is 11.1. The van der Waals surface area contributed by atoms with Crippen LogP contribution in [0.2, 0.25) is 5.02 Å². The predicted molar refractivity (Wildman–Crippen MR) is 97.0 cm³/mol. The zero-order valence-corrected chi connectivity index (χ0v) is 14.9. The van der Waals surface area contributed by atoms with Crippen molar-refractivity contribution in [3.05, 3.63) is 63.6 Å². The second-order valence-electron chi connectivity index (χ2n) is 6.39. The molecule has 1 aliphatic carbocycles. The van der Waals surface area contributed by atoms with Crippen molar-refractivity contribution >= 4 is 39.0 Å². The van der Waals surface area contributed by atoms with E-state index in [1.165, 1.54) is 5.69 Å². The number of anilines is 1. The van der Waals surface area contributed by atoms with E-state index >= 15 is 0 Å². The Bertz CT molecular complexity index is 745. The van der Waals surface area contributed by atoms with Crippen LogP contribution in [0.15, 0.2) is 53.0 Å². The van der Waals surface area contributed by atoms with Crippen LogP contribution in [0.25, 0.3) is 0 Å². The summed E-state index contributed by atoms with van der Waals surface area (Å²) in [7, 11) is 0. The molecule has 3 aliphatic rings. The molecule has 2 aromatic rings. The zero-order chi connectivity index (χ0) is 16.0. The van der Waals surface area contributed by atoms with Crippen molar-refractivity contribution in [1.29, 1.82) is 0 Å². The summed E-state index contributed by atoms with van der Waals surface area (Å²) >= 11 is 9.71. The van der Waals surface area contributed by atoms with Crippen molar-refractivity contribution < 1.29 is 4.79 Å². The fraction of sp³-hybridized carbons (Fsp3) is 0.316. The highest BCUT2D eigenvalue weighted by Crippen LogP contribution is 2.48. The Hall–Kier alpha value is -1.32. The Morgan fingerprint density at radius 3 is 2.57 bits per heavy atom. The second-order valence-corrected chi connectivity index (χ2v) is 7.74. The van der Waals surface area contributed by atoms with Crippen molar-refractivity contribution in [2.45, 2.75) is 31.3 Å². The van der Waals surface area contributed by atoms with Gasteiger partial charge in [-0.1, -0.05) is 39.7 Å². The number of piperidine rings is 2. The van der Waals surface area contributed by atoms with E-state index in [1.807, 2.05) is 18.2 Å². The highest BCUT2D eigenvalue weighted by atomic mass is 79.9. The molecule has 3 atom stereocenters. The highest BCUT2D eigenvalue weighted by Gasteiger charge is 2.47. The van der Waals surface area contributed by atoms with Gasteiger partial charge in [-0.2, -0.15) is 0 Å². The van der Waals surface area contributed by atoms with Gasteiger partial charge in [-0.25, -0.2) is 0 Å². The number of carbonyl (C=O) groups excluding carboxylic acids is 1. The summed E-state index contributed by atoms with van der Waals surface area (Å²) in [6, 6.07) is 16.7. The Morgan fingerprint density at radius 1 is 1.09 bits per heavy atom. The third kappa shape index (κ3) is 2.70. The van der Waals surface area contributed by atoms with Gasteiger partial charge >= 0.3 is 0 Å². The molecule has 0 radical (unpaired) electrons. The molecule has 5 rings (SSSR count). The molecule has 3 unspecified atom stereocenters. The number of hydrogen-bond acceptors (Lipinski definition) is 2. The van der Waals surface area contributed by atoms with E-state index in [9.17, 15) is 4.79 Å². The maximum Gasteiger partial charge on any atom is 0.140 e. The first-order valence-corrected chi connectivity index (χ1v) is 9.12. The molecule has 0 N–H and O–H groups in total. The fourth-order valence-electron chi connectivity index (χ4n) is 4.08. The van der Waals surface area contributed by atoms with E-state index in [2.05, 4.69) is 51.2 Å². The number of benzene rings is 2. The van der Waals surface area contributed by atoms with Gasteiger partial charge in [0.05, 0.1) is 6.04 Å².